The van der Waals surface area contributed by atoms with Crippen LogP contribution in [-0.4, -0.2) is 52.2 Å². The van der Waals surface area contributed by atoms with Crippen molar-refractivity contribution in [1.82, 2.24) is 4.73 Å². The van der Waals surface area contributed by atoms with Crippen LogP contribution in [0.1, 0.15) is 6.42 Å². The van der Waals surface area contributed by atoms with Gasteiger partial charge in [-0.1, -0.05) is 6.30 Å². The van der Waals surface area contributed by atoms with Crippen molar-refractivity contribution in [1.29, 1.82) is 0 Å². The maximum atomic E-state index is 11.7. The minimum atomic E-state index is -0.480. The second kappa shape index (κ2) is 7.65. The molecule has 2 atom stereocenters. The van der Waals surface area contributed by atoms with E-state index in [9.17, 15) is 15.0 Å². The van der Waals surface area contributed by atoms with Crippen LogP contribution in [0.2, 0.25) is 0 Å². The predicted octanol–water partition coefficient (Wildman–Crippen LogP) is 2.52. The van der Waals surface area contributed by atoms with Crippen LogP contribution < -0.4 is 4.84 Å². The molecule has 0 aromatic carbocycles. The maximum Gasteiger partial charge on any atom is 0.333 e. The first-order chi connectivity index (χ1) is 8.95. The summed E-state index contributed by atoms with van der Waals surface area (Å²) in [5.74, 6) is -0.112. The van der Waals surface area contributed by atoms with Gasteiger partial charge in [-0.2, -0.15) is 0 Å². The van der Waals surface area contributed by atoms with Crippen molar-refractivity contribution >= 4 is 41.6 Å². The summed E-state index contributed by atoms with van der Waals surface area (Å²) in [6.07, 6.45) is 8.86. The zero-order valence-electron chi connectivity index (χ0n) is 10.7. The molecule has 0 bridgehead atoms. The summed E-state index contributed by atoms with van der Waals surface area (Å²) in [4.78, 5) is 16.5. The molecule has 5 nitrogen and oxygen atoms in total. The van der Waals surface area contributed by atoms with Crippen LogP contribution in [0.5, 0.6) is 11.8 Å². The van der Waals surface area contributed by atoms with E-state index in [4.69, 9.17) is 4.84 Å². The molecule has 0 radical (unpaired) electrons. The average Bonchev–Trinajstić information content (AvgIpc) is 2.66. The van der Waals surface area contributed by atoms with Crippen LogP contribution >= 0.6 is 23.0 Å². The van der Waals surface area contributed by atoms with Gasteiger partial charge in [0.2, 0.25) is 11.8 Å². The smallest absolute Gasteiger partial charge is 0.333 e. The van der Waals surface area contributed by atoms with E-state index < -0.39 is 5.97 Å². The first kappa shape index (κ1) is 16.2. The molecule has 0 saturated heterocycles. The molecule has 8 heteroatoms. The number of rotatable bonds is 7. The fourth-order valence-corrected chi connectivity index (χ4v) is 8.54. The van der Waals surface area contributed by atoms with Crippen molar-refractivity contribution in [3.8, 4) is 11.8 Å². The molecule has 0 aliphatic rings. The zero-order valence-corrected chi connectivity index (χ0v) is 13.4. The molecule has 104 valence electrons. The Labute approximate surface area is 116 Å². The Morgan fingerprint density at radius 2 is 2.11 bits per heavy atom. The Kier molecular flexibility index (Phi) is 6.51. The van der Waals surface area contributed by atoms with Gasteiger partial charge in [-0.05, 0) is 0 Å². The van der Waals surface area contributed by atoms with Gasteiger partial charge in [-0.25, -0.2) is 4.79 Å². The summed E-state index contributed by atoms with van der Waals surface area (Å²) in [5.41, 5.74) is 0. The van der Waals surface area contributed by atoms with Crippen molar-refractivity contribution in [3.05, 3.63) is 12.1 Å². The summed E-state index contributed by atoms with van der Waals surface area (Å²) in [6.45, 7) is 2.10. The highest BCUT2D eigenvalue weighted by Crippen LogP contribution is 2.60. The second-order valence-corrected chi connectivity index (χ2v) is 11.9. The Morgan fingerprint density at radius 1 is 1.53 bits per heavy atom. The van der Waals surface area contributed by atoms with Gasteiger partial charge in [0.1, 0.15) is 14.8 Å². The molecule has 1 aromatic heterocycles. The molecular weight excluding hydrogens is 303 g/mol. The van der Waals surface area contributed by atoms with Gasteiger partial charge < -0.3 is 15.1 Å². The summed E-state index contributed by atoms with van der Waals surface area (Å²) in [5, 5.41) is 18.7. The average molecular weight is 320 g/mol. The number of aromatic hydroxyl groups is 2. The Hall–Kier alpha value is -0.880. The summed E-state index contributed by atoms with van der Waals surface area (Å²) in [6, 6.07) is 2.50. The lowest BCUT2D eigenvalue weighted by molar-refractivity contribution is -0.144. The largest absolute Gasteiger partial charge is 0.492 e. The van der Waals surface area contributed by atoms with E-state index in [-0.39, 0.29) is 33.0 Å². The van der Waals surface area contributed by atoms with Gasteiger partial charge >= 0.3 is 5.97 Å². The fraction of sp³-hybridized carbons (Fsp3) is 0.364. The van der Waals surface area contributed by atoms with E-state index in [1.165, 1.54) is 12.1 Å². The Morgan fingerprint density at radius 3 is 2.58 bits per heavy atom. The molecule has 1 aromatic rings. The number of carbonyl (C=O) groups is 1. The lowest BCUT2D eigenvalue weighted by Gasteiger charge is -2.08. The minimum Gasteiger partial charge on any atom is -0.492 e. The van der Waals surface area contributed by atoms with Gasteiger partial charge in [0.25, 0.3) is 0 Å². The number of nitrogens with zero attached hydrogens (tertiary/aromatic N) is 1. The van der Waals surface area contributed by atoms with Crippen molar-refractivity contribution in [2.24, 2.45) is 0 Å². The molecule has 0 aliphatic carbocycles. The quantitative estimate of drug-likeness (QED) is 0.757. The standard InChI is InChI=1S/C11H16NO4P3/c1-17-8-19(18(2)3)7-6-11(15)16-12-9(13)4-5-10(12)14/h4-5H,1-2,6-8H2,3H3,(H-,13,14)/p+1. The number of hydrogen-bond donors (Lipinski definition) is 2. The van der Waals surface area contributed by atoms with Crippen molar-refractivity contribution in [2.45, 2.75) is 6.42 Å². The van der Waals surface area contributed by atoms with Crippen LogP contribution in [0, 0.1) is 0 Å². The molecule has 0 fully saturated rings. The normalized spacial score (nSPS) is 13.2. The zero-order chi connectivity index (χ0) is 14.4. The van der Waals surface area contributed by atoms with Crippen LogP contribution in [0.25, 0.3) is 0 Å². The van der Waals surface area contributed by atoms with Crippen LogP contribution in [0.15, 0.2) is 12.1 Å². The number of aromatic nitrogens is 1. The van der Waals surface area contributed by atoms with E-state index in [1.54, 1.807) is 0 Å². The third kappa shape index (κ3) is 4.95. The van der Waals surface area contributed by atoms with Crippen molar-refractivity contribution in [2.75, 3.05) is 18.7 Å². The molecule has 0 spiro atoms. The molecule has 2 unspecified atom stereocenters. The molecule has 1 rings (SSSR count). The topological polar surface area (TPSA) is 71.7 Å². The first-order valence-corrected chi connectivity index (χ1v) is 11.1. The third-order valence-electron chi connectivity index (χ3n) is 2.31. The molecule has 1 heterocycles. The van der Waals surface area contributed by atoms with E-state index in [0.717, 1.165) is 20.3 Å². The second-order valence-electron chi connectivity index (χ2n) is 3.81. The molecule has 0 saturated carbocycles. The fourth-order valence-electron chi connectivity index (χ4n) is 1.33. The highest BCUT2D eigenvalue weighted by atomic mass is 32.1. The molecule has 0 aliphatic heterocycles. The minimum absolute atomic E-state index is 0.250. The third-order valence-corrected chi connectivity index (χ3v) is 10.8. The highest BCUT2D eigenvalue weighted by molar-refractivity contribution is 8.29. The molecule has 2 N–H and O–H groups in total. The van der Waals surface area contributed by atoms with E-state index in [0.29, 0.717) is 4.73 Å². The molecule has 0 amide bonds. The van der Waals surface area contributed by atoms with Gasteiger partial charge in [0.05, 0.1) is 25.3 Å². The number of carbonyl (C=O) groups excluding carboxylic acids is 1. The van der Waals surface area contributed by atoms with Crippen LogP contribution in [0.3, 0.4) is 0 Å². The number of hydrogen-bond acceptors (Lipinski definition) is 4. The molecule has 19 heavy (non-hydrogen) atoms. The molecular formula is C11H17NO4P3+. The maximum absolute atomic E-state index is 11.7. The highest BCUT2D eigenvalue weighted by Gasteiger charge is 2.21. The van der Waals surface area contributed by atoms with Crippen molar-refractivity contribution in [3.63, 3.8) is 0 Å². The monoisotopic (exact) mass is 320 g/mol. The van der Waals surface area contributed by atoms with Gasteiger partial charge in [0, 0.05) is 18.3 Å². The van der Waals surface area contributed by atoms with Gasteiger partial charge in [0.15, 0.2) is 0 Å². The van der Waals surface area contributed by atoms with Crippen LogP contribution in [-0.2, 0) is 4.79 Å². The van der Waals surface area contributed by atoms with E-state index >= 15 is 0 Å². The van der Waals surface area contributed by atoms with Crippen LogP contribution in [0.4, 0.5) is 0 Å². The van der Waals surface area contributed by atoms with E-state index in [2.05, 4.69) is 19.3 Å². The van der Waals surface area contributed by atoms with Gasteiger partial charge in [-0.15, -0.1) is 12.9 Å². The summed E-state index contributed by atoms with van der Waals surface area (Å²) < 4.78 is 0.711. The predicted molar refractivity (Wildman–Crippen MR) is 84.6 cm³/mol. The Bertz CT molecular complexity index is 467. The SMILES string of the molecule is C=PCP(CCC(=O)On1c(O)ccc1O)[P+](=C)C. The Balaban J connectivity index is 2.52. The summed E-state index contributed by atoms with van der Waals surface area (Å²) in [7, 11) is 0.477. The first-order valence-electron chi connectivity index (χ1n) is 5.48. The van der Waals surface area contributed by atoms with E-state index in [1.807, 2.05) is 0 Å². The lowest BCUT2D eigenvalue weighted by Crippen LogP contribution is -2.19. The van der Waals surface area contributed by atoms with Crippen molar-refractivity contribution < 1.29 is 19.8 Å². The summed E-state index contributed by atoms with van der Waals surface area (Å²) >= 11 is 0. The lowest BCUT2D eigenvalue weighted by atomic mass is 10.5. The van der Waals surface area contributed by atoms with Gasteiger partial charge in [-0.3, -0.25) is 0 Å².